The van der Waals surface area contributed by atoms with Gasteiger partial charge in [-0.15, -0.1) is 0 Å². The van der Waals surface area contributed by atoms with Crippen molar-refractivity contribution in [2.24, 2.45) is 5.73 Å². The third kappa shape index (κ3) is 1.85. The summed E-state index contributed by atoms with van der Waals surface area (Å²) >= 11 is 5.78. The van der Waals surface area contributed by atoms with Gasteiger partial charge in [0.1, 0.15) is 5.82 Å². The van der Waals surface area contributed by atoms with Crippen LogP contribution < -0.4 is 5.73 Å². The molecule has 1 aromatic rings. The fourth-order valence-electron chi connectivity index (χ4n) is 2.87. The second-order valence-corrected chi connectivity index (χ2v) is 5.21. The Hall–Kier alpha value is -0.600. The summed E-state index contributed by atoms with van der Waals surface area (Å²) in [5.74, 6) is -0.216. The van der Waals surface area contributed by atoms with E-state index >= 15 is 0 Å². The van der Waals surface area contributed by atoms with Gasteiger partial charge >= 0.3 is 0 Å². The molecule has 1 atom stereocenters. The molecule has 2 N–H and O–H groups in total. The van der Waals surface area contributed by atoms with Crippen molar-refractivity contribution in [3.05, 3.63) is 34.6 Å². The lowest BCUT2D eigenvalue weighted by atomic mass is 9.73. The van der Waals surface area contributed by atoms with Crippen LogP contribution >= 0.6 is 11.6 Å². The minimum absolute atomic E-state index is 0.0225. The van der Waals surface area contributed by atoms with Crippen molar-refractivity contribution in [1.29, 1.82) is 0 Å². The van der Waals surface area contributed by atoms with Crippen LogP contribution in [0.25, 0.3) is 0 Å². The van der Waals surface area contributed by atoms with Crippen LogP contribution in [0.3, 0.4) is 0 Å². The van der Waals surface area contributed by atoms with E-state index in [0.717, 1.165) is 31.2 Å². The summed E-state index contributed by atoms with van der Waals surface area (Å²) in [4.78, 5) is 0. The van der Waals surface area contributed by atoms with Gasteiger partial charge in [-0.25, -0.2) is 4.39 Å². The number of halogens is 2. The maximum atomic E-state index is 14.0. The van der Waals surface area contributed by atoms with Gasteiger partial charge in [-0.1, -0.05) is 30.5 Å². The predicted molar refractivity (Wildman–Crippen MR) is 65.2 cm³/mol. The van der Waals surface area contributed by atoms with Crippen molar-refractivity contribution < 1.29 is 4.39 Å². The minimum Gasteiger partial charge on any atom is -0.327 e. The fraction of sp³-hybridized carbons (Fsp3) is 0.538. The SMILES string of the molecule is CC(N)C1(c2ccc(Cl)cc2F)CCCC1. The number of rotatable bonds is 2. The highest BCUT2D eigenvalue weighted by atomic mass is 35.5. The first-order chi connectivity index (χ1) is 7.56. The maximum absolute atomic E-state index is 14.0. The first-order valence-electron chi connectivity index (χ1n) is 5.77. The van der Waals surface area contributed by atoms with Gasteiger partial charge in [0.05, 0.1) is 0 Å². The number of hydrogen-bond donors (Lipinski definition) is 1. The van der Waals surface area contributed by atoms with Gasteiger partial charge in [0.25, 0.3) is 0 Å². The van der Waals surface area contributed by atoms with Crippen LogP contribution in [-0.4, -0.2) is 6.04 Å². The number of benzene rings is 1. The molecule has 0 radical (unpaired) electrons. The molecule has 1 nitrogen and oxygen atoms in total. The molecule has 1 unspecified atom stereocenters. The van der Waals surface area contributed by atoms with Crippen LogP contribution in [0.15, 0.2) is 18.2 Å². The molecule has 88 valence electrons. The molecule has 1 aliphatic carbocycles. The summed E-state index contributed by atoms with van der Waals surface area (Å²) in [6.07, 6.45) is 4.21. The average Bonchev–Trinajstić information content (AvgIpc) is 2.67. The van der Waals surface area contributed by atoms with Gasteiger partial charge < -0.3 is 5.73 Å². The van der Waals surface area contributed by atoms with Crippen LogP contribution in [-0.2, 0) is 5.41 Å². The van der Waals surface area contributed by atoms with E-state index in [1.807, 2.05) is 6.92 Å². The van der Waals surface area contributed by atoms with Gasteiger partial charge in [0.15, 0.2) is 0 Å². The molecule has 0 heterocycles. The predicted octanol–water partition coefficient (Wildman–Crippen LogP) is 3.64. The van der Waals surface area contributed by atoms with Crippen molar-refractivity contribution >= 4 is 11.6 Å². The highest BCUT2D eigenvalue weighted by Gasteiger charge is 2.40. The Morgan fingerprint density at radius 2 is 2.00 bits per heavy atom. The van der Waals surface area contributed by atoms with E-state index in [4.69, 9.17) is 17.3 Å². The van der Waals surface area contributed by atoms with Gasteiger partial charge in [-0.2, -0.15) is 0 Å². The van der Waals surface area contributed by atoms with E-state index in [2.05, 4.69) is 0 Å². The van der Waals surface area contributed by atoms with Gasteiger partial charge in [-0.05, 0) is 37.5 Å². The van der Waals surface area contributed by atoms with Crippen LogP contribution in [0.1, 0.15) is 38.2 Å². The van der Waals surface area contributed by atoms with Crippen LogP contribution in [0.5, 0.6) is 0 Å². The Bertz CT molecular complexity index is 384. The van der Waals surface area contributed by atoms with Gasteiger partial charge in [-0.3, -0.25) is 0 Å². The first-order valence-corrected chi connectivity index (χ1v) is 6.15. The zero-order valence-corrected chi connectivity index (χ0v) is 10.2. The topological polar surface area (TPSA) is 26.0 Å². The molecule has 0 amide bonds. The third-order valence-electron chi connectivity index (χ3n) is 3.83. The van der Waals surface area contributed by atoms with Gasteiger partial charge in [0.2, 0.25) is 0 Å². The summed E-state index contributed by atoms with van der Waals surface area (Å²) in [6.45, 7) is 1.97. The molecular weight excluding hydrogens is 225 g/mol. The van der Waals surface area contributed by atoms with E-state index in [0.29, 0.717) is 5.02 Å². The second kappa shape index (κ2) is 4.34. The Morgan fingerprint density at radius 3 is 2.50 bits per heavy atom. The van der Waals surface area contributed by atoms with E-state index in [9.17, 15) is 4.39 Å². The molecule has 0 saturated heterocycles. The minimum atomic E-state index is -0.216. The number of hydrogen-bond acceptors (Lipinski definition) is 1. The Balaban J connectivity index is 2.47. The van der Waals surface area contributed by atoms with Crippen molar-refractivity contribution in [3.63, 3.8) is 0 Å². The lowest BCUT2D eigenvalue weighted by Crippen LogP contribution is -2.41. The highest BCUT2D eigenvalue weighted by molar-refractivity contribution is 6.30. The van der Waals surface area contributed by atoms with E-state index in [-0.39, 0.29) is 17.3 Å². The quantitative estimate of drug-likeness (QED) is 0.841. The molecule has 1 aliphatic rings. The summed E-state index contributed by atoms with van der Waals surface area (Å²) in [6, 6.07) is 4.92. The zero-order valence-electron chi connectivity index (χ0n) is 9.47. The Labute approximate surface area is 101 Å². The molecule has 1 fully saturated rings. The van der Waals surface area contributed by atoms with Crippen LogP contribution in [0.4, 0.5) is 4.39 Å². The van der Waals surface area contributed by atoms with E-state index in [1.165, 1.54) is 6.07 Å². The lowest BCUT2D eigenvalue weighted by molar-refractivity contribution is 0.353. The van der Waals surface area contributed by atoms with E-state index in [1.54, 1.807) is 12.1 Å². The zero-order chi connectivity index (χ0) is 11.8. The summed E-state index contributed by atoms with van der Waals surface area (Å²) < 4.78 is 14.0. The average molecular weight is 242 g/mol. The molecule has 0 bridgehead atoms. The Morgan fingerprint density at radius 1 is 1.38 bits per heavy atom. The van der Waals surface area contributed by atoms with Crippen LogP contribution in [0.2, 0.25) is 5.02 Å². The summed E-state index contributed by atoms with van der Waals surface area (Å²) in [5.41, 5.74) is 6.63. The first kappa shape index (κ1) is 11.9. The third-order valence-corrected chi connectivity index (χ3v) is 4.07. The molecule has 0 spiro atoms. The maximum Gasteiger partial charge on any atom is 0.128 e. The van der Waals surface area contributed by atoms with Crippen LogP contribution in [0, 0.1) is 5.82 Å². The summed E-state index contributed by atoms with van der Waals surface area (Å²) in [7, 11) is 0. The molecule has 16 heavy (non-hydrogen) atoms. The molecular formula is C13H17ClFN. The normalized spacial score (nSPS) is 21.0. The monoisotopic (exact) mass is 241 g/mol. The second-order valence-electron chi connectivity index (χ2n) is 4.78. The molecule has 3 heteroatoms. The van der Waals surface area contributed by atoms with E-state index < -0.39 is 0 Å². The van der Waals surface area contributed by atoms with Crippen molar-refractivity contribution in [2.75, 3.05) is 0 Å². The molecule has 2 rings (SSSR count). The fourth-order valence-corrected chi connectivity index (χ4v) is 3.03. The van der Waals surface area contributed by atoms with Gasteiger partial charge in [0, 0.05) is 16.5 Å². The lowest BCUT2D eigenvalue weighted by Gasteiger charge is -2.34. The van der Waals surface area contributed by atoms with Crippen molar-refractivity contribution in [3.8, 4) is 0 Å². The summed E-state index contributed by atoms with van der Waals surface area (Å²) in [5, 5.41) is 0.444. The molecule has 0 aliphatic heterocycles. The Kier molecular flexibility index (Phi) is 3.22. The largest absolute Gasteiger partial charge is 0.327 e. The molecule has 0 aromatic heterocycles. The number of nitrogens with two attached hydrogens (primary N) is 1. The van der Waals surface area contributed by atoms with Crippen molar-refractivity contribution in [1.82, 2.24) is 0 Å². The highest BCUT2D eigenvalue weighted by Crippen LogP contribution is 2.44. The standard InChI is InChI=1S/C13H17ClFN/c1-9(16)13(6-2-3-7-13)11-5-4-10(14)8-12(11)15/h4-5,8-9H,2-3,6-7,16H2,1H3. The smallest absolute Gasteiger partial charge is 0.128 e. The van der Waals surface area contributed by atoms with Crippen molar-refractivity contribution in [2.45, 2.75) is 44.1 Å². The molecule has 1 saturated carbocycles. The molecule has 1 aromatic carbocycles.